The van der Waals surface area contributed by atoms with Gasteiger partial charge in [0.15, 0.2) is 11.9 Å². The average molecular weight is 1510 g/mol. The van der Waals surface area contributed by atoms with Crippen LogP contribution in [0.15, 0.2) is 64.6 Å². The predicted octanol–water partition coefficient (Wildman–Crippen LogP) is -9.27. The number of carbonyl (C=O) groups excluding carboxylic acids is 15. The van der Waals surface area contributed by atoms with Crippen molar-refractivity contribution in [3.05, 3.63) is 65.7 Å². The quantitative estimate of drug-likeness (QED) is 0.0166. The molecule has 32 N–H and O–H groups in total. The highest BCUT2D eigenvalue weighted by atomic mass is 32.2. The summed E-state index contributed by atoms with van der Waals surface area (Å²) in [5, 5.41) is 55.8. The summed E-state index contributed by atoms with van der Waals surface area (Å²) in [5.41, 5.74) is 50.5. The molecule has 11 unspecified atom stereocenters. The third kappa shape index (κ3) is 36.6. The minimum absolute atomic E-state index is 0.00833. The van der Waals surface area contributed by atoms with Gasteiger partial charge >= 0.3 is 5.97 Å². The number of hydrogen-bond acceptors (Lipinski definition) is 22. The van der Waals surface area contributed by atoms with Crippen LogP contribution in [0.5, 0.6) is 5.75 Å². The number of amides is 15. The minimum atomic E-state index is -2.03. The Morgan fingerprint density at radius 3 is 1.27 bits per heavy atom. The number of carboxylic acids is 1. The monoisotopic (exact) mass is 1510 g/mol. The molecular formula is C64H100N22O19S. The van der Waals surface area contributed by atoms with Crippen LogP contribution in [0.3, 0.4) is 0 Å². The van der Waals surface area contributed by atoms with E-state index in [0.29, 0.717) is 11.1 Å². The van der Waals surface area contributed by atoms with E-state index in [2.05, 4.69) is 68.5 Å². The normalized spacial score (nSPS) is 14.0. The Labute approximate surface area is 613 Å². The number of nitrogens with zero attached hydrogens (tertiary/aromatic N) is 2. The van der Waals surface area contributed by atoms with Gasteiger partial charge in [-0.3, -0.25) is 81.9 Å². The van der Waals surface area contributed by atoms with E-state index in [1.54, 1.807) is 38.3 Å². The molecule has 2 rings (SSSR count). The van der Waals surface area contributed by atoms with Crippen molar-refractivity contribution >= 4 is 118 Å². The molecule has 11 atom stereocenters. The molecule has 41 nitrogen and oxygen atoms in total. The number of aliphatic hydroxyl groups is 1. The van der Waals surface area contributed by atoms with Crippen LogP contribution in [-0.4, -0.2) is 227 Å². The van der Waals surface area contributed by atoms with Gasteiger partial charge in [-0.15, -0.1) is 0 Å². The number of benzene rings is 2. The van der Waals surface area contributed by atoms with Gasteiger partial charge in [0.25, 0.3) is 0 Å². The van der Waals surface area contributed by atoms with E-state index in [4.69, 9.17) is 51.6 Å². The Morgan fingerprint density at radius 2 is 0.821 bits per heavy atom. The number of primary amides is 4. The van der Waals surface area contributed by atoms with Crippen molar-refractivity contribution < 1.29 is 92.0 Å². The van der Waals surface area contributed by atoms with Crippen LogP contribution in [-0.2, 0) is 89.6 Å². The number of phenols is 1. The lowest BCUT2D eigenvalue weighted by Gasteiger charge is -2.27. The molecule has 2 aromatic carbocycles. The fraction of sp³-hybridized carbons (Fsp3) is 0.531. The van der Waals surface area contributed by atoms with E-state index < -0.39 is 213 Å². The summed E-state index contributed by atoms with van der Waals surface area (Å²) in [6.07, 6.45) is -3.07. The molecule has 0 heterocycles. The molecule has 586 valence electrons. The van der Waals surface area contributed by atoms with Crippen LogP contribution in [0.25, 0.3) is 0 Å². The molecule has 2 aromatic rings. The number of carboxylic acid groups (broad SMARTS) is 1. The van der Waals surface area contributed by atoms with Crippen molar-refractivity contribution in [1.82, 2.24) is 58.5 Å². The van der Waals surface area contributed by atoms with Gasteiger partial charge in [0.1, 0.15) is 66.2 Å². The Morgan fingerprint density at radius 1 is 0.434 bits per heavy atom. The molecule has 0 aliphatic heterocycles. The van der Waals surface area contributed by atoms with Gasteiger partial charge in [0.05, 0.1) is 32.0 Å². The number of aliphatic carboxylic acids is 1. The molecule has 0 saturated heterocycles. The zero-order valence-electron chi connectivity index (χ0n) is 58.9. The maximum absolute atomic E-state index is 14.4. The predicted molar refractivity (Wildman–Crippen MR) is 384 cm³/mol. The van der Waals surface area contributed by atoms with Gasteiger partial charge in [-0.05, 0) is 99.0 Å². The Hall–Kier alpha value is -11.4. The zero-order valence-corrected chi connectivity index (χ0v) is 59.7. The van der Waals surface area contributed by atoms with Gasteiger partial charge in [-0.2, -0.15) is 11.8 Å². The first-order valence-electron chi connectivity index (χ1n) is 33.4. The molecule has 0 spiro atoms. The molecular weight excluding hydrogens is 1410 g/mol. The number of phenolic OH excluding ortho intramolecular Hbond substituents is 1. The van der Waals surface area contributed by atoms with Gasteiger partial charge in [-0.1, -0.05) is 56.3 Å². The van der Waals surface area contributed by atoms with E-state index in [0.717, 1.165) is 0 Å². The second-order valence-corrected chi connectivity index (χ2v) is 25.7. The number of carbonyl (C=O) groups is 16. The maximum Gasteiger partial charge on any atom is 0.326 e. The summed E-state index contributed by atoms with van der Waals surface area (Å²) >= 11 is 1.17. The topological polar surface area (TPSA) is 725 Å². The first-order valence-corrected chi connectivity index (χ1v) is 34.8. The summed E-state index contributed by atoms with van der Waals surface area (Å²) in [4.78, 5) is 222. The molecule has 0 bridgehead atoms. The fourth-order valence-electron chi connectivity index (χ4n) is 9.90. The van der Waals surface area contributed by atoms with Crippen molar-refractivity contribution in [2.75, 3.05) is 38.2 Å². The fourth-order valence-corrected chi connectivity index (χ4v) is 10.4. The standard InChI is InChI=1S/C64H100N22O19S/c1-32(2)25-42(57(99)82-41(62(104)105)12-8-23-75-64(72)73)77-51(93)30-76-53(95)38(17-19-47(66)89)79-58(100)43(27-33-9-5-4-6-10-33)83-59(101)45(29-50(69)92)85-60(102)44(28-49(68)91)84-56(98)40(21-24-106-3)81-61(103)46(31-87)86-55(97)39(18-20-48(67)90)80-54(96)37(11-7-22-74-63(70)71)78-52(94)36(65)26-34-13-15-35(88)16-14-34/h4-6,9-10,13-16,32,36-46,87-88H,7-8,11-12,17-31,65H2,1-3H3,(H2,66,89)(H2,67,90)(H2,68,91)(H2,69,92)(H,76,95)(H,77,93)(H,78,94)(H,79,100)(H,80,96)(H,81,103)(H,82,99)(H,83,101)(H,84,98)(H,85,102)(H,86,97)(H,104,105)(H4,70,71,74)(H4,72,73,75). The molecule has 0 fully saturated rings. The molecule has 42 heteroatoms. The highest BCUT2D eigenvalue weighted by Gasteiger charge is 2.37. The van der Waals surface area contributed by atoms with Gasteiger partial charge < -0.3 is 125 Å². The van der Waals surface area contributed by atoms with Crippen LogP contribution in [0.1, 0.15) is 102 Å². The third-order valence-corrected chi connectivity index (χ3v) is 16.0. The molecule has 0 aliphatic carbocycles. The lowest BCUT2D eigenvalue weighted by Crippen LogP contribution is -2.61. The van der Waals surface area contributed by atoms with Gasteiger partial charge in [0.2, 0.25) is 88.6 Å². The smallest absolute Gasteiger partial charge is 0.326 e. The van der Waals surface area contributed by atoms with Crippen LogP contribution in [0.4, 0.5) is 0 Å². The number of rotatable bonds is 51. The second kappa shape index (κ2) is 47.8. The number of nitrogens with one attached hydrogen (secondary N) is 11. The molecule has 0 aromatic heterocycles. The minimum Gasteiger partial charge on any atom is -0.508 e. The molecule has 0 saturated carbocycles. The van der Waals surface area contributed by atoms with Crippen molar-refractivity contribution in [3.8, 4) is 5.75 Å². The van der Waals surface area contributed by atoms with E-state index in [1.807, 2.05) is 0 Å². The molecule has 106 heavy (non-hydrogen) atoms. The summed E-state index contributed by atoms with van der Waals surface area (Å²) in [6, 6.07) is -4.50. The summed E-state index contributed by atoms with van der Waals surface area (Å²) in [7, 11) is 0. The van der Waals surface area contributed by atoms with Crippen molar-refractivity contribution in [3.63, 3.8) is 0 Å². The Balaban J connectivity index is 2.44. The summed E-state index contributed by atoms with van der Waals surface area (Å²) in [6.45, 7) is 1.47. The Kier molecular flexibility index (Phi) is 40.8. The molecule has 0 radical (unpaired) electrons. The van der Waals surface area contributed by atoms with Crippen molar-refractivity contribution in [2.45, 2.75) is 170 Å². The van der Waals surface area contributed by atoms with E-state index in [-0.39, 0.29) is 93.8 Å². The first-order chi connectivity index (χ1) is 49.9. The number of guanidine groups is 2. The third-order valence-electron chi connectivity index (χ3n) is 15.3. The number of thioether (sulfide) groups is 1. The lowest BCUT2D eigenvalue weighted by molar-refractivity contribution is -0.142. The second-order valence-electron chi connectivity index (χ2n) is 24.7. The largest absolute Gasteiger partial charge is 0.508 e. The number of aliphatic hydroxyl groups excluding tert-OH is 1. The number of hydrogen-bond donors (Lipinski definition) is 23. The number of aliphatic imine (C=N–C) groups is 2. The lowest BCUT2D eigenvalue weighted by atomic mass is 10.0. The number of nitrogens with two attached hydrogens (primary N) is 9. The Bertz CT molecular complexity index is 3420. The number of aromatic hydroxyl groups is 1. The van der Waals surface area contributed by atoms with Gasteiger partial charge in [-0.25, -0.2) is 4.79 Å². The first kappa shape index (κ1) is 90.7. The maximum atomic E-state index is 14.4. The van der Waals surface area contributed by atoms with Crippen LogP contribution in [0, 0.1) is 5.92 Å². The van der Waals surface area contributed by atoms with Gasteiger partial charge in [0, 0.05) is 32.4 Å². The van der Waals surface area contributed by atoms with E-state index in [9.17, 15) is 92.0 Å². The highest BCUT2D eigenvalue weighted by molar-refractivity contribution is 7.98. The van der Waals surface area contributed by atoms with Crippen molar-refractivity contribution in [2.24, 2.45) is 67.5 Å². The SMILES string of the molecule is CSCCC(NC(=O)C(CO)NC(=O)C(CCC(N)=O)NC(=O)C(CCCN=C(N)N)NC(=O)C(N)Cc1ccc(O)cc1)C(=O)NC(CC(N)=O)C(=O)NC(CC(N)=O)C(=O)NC(Cc1ccccc1)C(=O)NC(CCC(N)=O)C(=O)NCC(=O)NC(CC(C)C)C(=O)NC(CCCN=C(N)N)C(=O)O. The molecule has 0 aliphatic rings. The zero-order chi connectivity index (χ0) is 79.8. The summed E-state index contributed by atoms with van der Waals surface area (Å²) < 4.78 is 0. The highest BCUT2D eigenvalue weighted by Crippen LogP contribution is 2.14. The molecule has 15 amide bonds. The van der Waals surface area contributed by atoms with Crippen molar-refractivity contribution in [1.29, 1.82) is 0 Å². The van der Waals surface area contributed by atoms with Crippen LogP contribution < -0.4 is 110 Å². The van der Waals surface area contributed by atoms with Crippen LogP contribution in [0.2, 0.25) is 0 Å². The van der Waals surface area contributed by atoms with Crippen LogP contribution >= 0.6 is 11.8 Å². The van der Waals surface area contributed by atoms with E-state index >= 15 is 0 Å². The summed E-state index contributed by atoms with van der Waals surface area (Å²) in [5.74, 6) is -18.5. The average Bonchev–Trinajstić information content (AvgIpc) is 0.865. The van der Waals surface area contributed by atoms with E-state index in [1.165, 1.54) is 48.2 Å².